The average molecular weight is 297 g/mol. The van der Waals surface area contributed by atoms with Gasteiger partial charge in [-0.2, -0.15) is 5.10 Å². The maximum absolute atomic E-state index is 4.64. The molecule has 0 amide bonds. The van der Waals surface area contributed by atoms with Gasteiger partial charge in [0.2, 0.25) is 0 Å². The number of nitrogens with one attached hydrogen (secondary N) is 1. The molecule has 4 rings (SSSR count). The van der Waals surface area contributed by atoms with E-state index in [1.807, 2.05) is 24.1 Å². The molecule has 0 radical (unpaired) electrons. The number of hydrogen-bond acceptors (Lipinski definition) is 4. The van der Waals surface area contributed by atoms with Crippen LogP contribution in [0.1, 0.15) is 41.9 Å². The van der Waals surface area contributed by atoms with Crippen LogP contribution in [0.25, 0.3) is 0 Å². The molecule has 5 nitrogen and oxygen atoms in total. The summed E-state index contributed by atoms with van der Waals surface area (Å²) in [7, 11) is 1.97. The number of pyridine rings is 1. The van der Waals surface area contributed by atoms with Crippen LogP contribution in [0.15, 0.2) is 24.7 Å². The molecule has 0 spiro atoms. The van der Waals surface area contributed by atoms with Crippen molar-refractivity contribution < 1.29 is 0 Å². The largest absolute Gasteiger partial charge is 0.369 e. The van der Waals surface area contributed by atoms with Crippen LogP contribution in [0.2, 0.25) is 0 Å². The van der Waals surface area contributed by atoms with Gasteiger partial charge in [0.05, 0.1) is 6.20 Å². The van der Waals surface area contributed by atoms with Crippen LogP contribution in [-0.2, 0) is 13.6 Å². The van der Waals surface area contributed by atoms with Crippen LogP contribution < -0.4 is 5.32 Å². The number of likely N-dealkylation sites (tertiary alicyclic amines) is 1. The van der Waals surface area contributed by atoms with Crippen LogP contribution in [0.5, 0.6) is 0 Å². The van der Waals surface area contributed by atoms with E-state index in [1.54, 1.807) is 0 Å². The van der Waals surface area contributed by atoms with Crippen molar-refractivity contribution in [2.75, 3.05) is 25.0 Å². The fraction of sp³-hybridized carbons (Fsp3) is 0.529. The third-order valence-corrected chi connectivity index (χ3v) is 4.80. The SMILES string of the molecule is Cn1cc(C2CNc3ncc(CN4CCCCC4)cc32)cn1. The van der Waals surface area contributed by atoms with Crippen molar-refractivity contribution in [1.82, 2.24) is 19.7 Å². The van der Waals surface area contributed by atoms with Crippen molar-refractivity contribution in [3.63, 3.8) is 0 Å². The predicted molar refractivity (Wildman–Crippen MR) is 86.9 cm³/mol. The number of fused-ring (bicyclic) bond motifs is 1. The molecule has 2 aromatic heterocycles. The second-order valence-electron chi connectivity index (χ2n) is 6.50. The summed E-state index contributed by atoms with van der Waals surface area (Å²) in [5.74, 6) is 1.41. The van der Waals surface area contributed by atoms with E-state index in [0.29, 0.717) is 5.92 Å². The Hall–Kier alpha value is -1.88. The summed E-state index contributed by atoms with van der Waals surface area (Å²) in [5, 5.41) is 7.74. The highest BCUT2D eigenvalue weighted by Gasteiger charge is 2.26. The number of piperidine rings is 1. The number of nitrogens with zero attached hydrogens (tertiary/aromatic N) is 4. The summed E-state index contributed by atoms with van der Waals surface area (Å²) < 4.78 is 1.87. The lowest BCUT2D eigenvalue weighted by molar-refractivity contribution is 0.220. The lowest BCUT2D eigenvalue weighted by Gasteiger charge is -2.26. The normalized spacial score (nSPS) is 21.6. The van der Waals surface area contributed by atoms with E-state index in [9.17, 15) is 0 Å². The predicted octanol–water partition coefficient (Wildman–Crippen LogP) is 2.36. The molecule has 0 saturated carbocycles. The number of rotatable bonds is 3. The van der Waals surface area contributed by atoms with Gasteiger partial charge in [-0.05, 0) is 43.1 Å². The highest BCUT2D eigenvalue weighted by atomic mass is 15.2. The maximum atomic E-state index is 4.64. The zero-order valence-electron chi connectivity index (χ0n) is 13.1. The molecule has 4 heterocycles. The molecule has 0 aromatic carbocycles. The zero-order chi connectivity index (χ0) is 14.9. The summed E-state index contributed by atoms with van der Waals surface area (Å²) in [5.41, 5.74) is 3.92. The minimum Gasteiger partial charge on any atom is -0.369 e. The molecule has 1 atom stereocenters. The van der Waals surface area contributed by atoms with E-state index in [4.69, 9.17) is 0 Å². The van der Waals surface area contributed by atoms with Crippen molar-refractivity contribution in [3.05, 3.63) is 41.3 Å². The van der Waals surface area contributed by atoms with E-state index in [1.165, 1.54) is 49.0 Å². The summed E-state index contributed by atoms with van der Waals surface area (Å²) in [6, 6.07) is 2.34. The fourth-order valence-corrected chi connectivity index (χ4v) is 3.63. The first-order chi connectivity index (χ1) is 10.8. The van der Waals surface area contributed by atoms with Crippen LogP contribution in [0, 0.1) is 0 Å². The third kappa shape index (κ3) is 2.61. The van der Waals surface area contributed by atoms with E-state index in [0.717, 1.165) is 18.9 Å². The second kappa shape index (κ2) is 5.72. The zero-order valence-corrected chi connectivity index (χ0v) is 13.1. The molecule has 2 aliphatic heterocycles. The Morgan fingerprint density at radius 3 is 2.86 bits per heavy atom. The van der Waals surface area contributed by atoms with Crippen molar-refractivity contribution in [2.45, 2.75) is 31.7 Å². The molecule has 1 unspecified atom stereocenters. The fourth-order valence-electron chi connectivity index (χ4n) is 3.63. The maximum Gasteiger partial charge on any atom is 0.129 e. The van der Waals surface area contributed by atoms with E-state index >= 15 is 0 Å². The standard InChI is InChI=1S/C17H23N5/c1-21-12-14(9-20-21)16-10-19-17-15(16)7-13(8-18-17)11-22-5-3-2-4-6-22/h7-9,12,16H,2-6,10-11H2,1H3,(H,18,19). The van der Waals surface area contributed by atoms with E-state index in [-0.39, 0.29) is 0 Å². The van der Waals surface area contributed by atoms with Gasteiger partial charge in [0.1, 0.15) is 5.82 Å². The van der Waals surface area contributed by atoms with Crippen LogP contribution >= 0.6 is 0 Å². The Bertz CT molecular complexity index is 657. The van der Waals surface area contributed by atoms with Gasteiger partial charge in [0.15, 0.2) is 0 Å². The van der Waals surface area contributed by atoms with Crippen molar-refractivity contribution in [2.24, 2.45) is 7.05 Å². The van der Waals surface area contributed by atoms with Crippen molar-refractivity contribution in [3.8, 4) is 0 Å². The molecule has 1 saturated heterocycles. The summed E-state index contributed by atoms with van der Waals surface area (Å²) in [6.07, 6.45) is 10.2. The first-order valence-corrected chi connectivity index (χ1v) is 8.23. The molecule has 2 aliphatic rings. The summed E-state index contributed by atoms with van der Waals surface area (Å²) in [6.45, 7) is 4.39. The lowest BCUT2D eigenvalue weighted by Crippen LogP contribution is -2.29. The average Bonchev–Trinajstić information content (AvgIpc) is 3.14. The molecule has 0 bridgehead atoms. The first-order valence-electron chi connectivity index (χ1n) is 8.23. The van der Waals surface area contributed by atoms with E-state index < -0.39 is 0 Å². The first kappa shape index (κ1) is 13.8. The minimum atomic E-state index is 0.373. The minimum absolute atomic E-state index is 0.373. The highest BCUT2D eigenvalue weighted by molar-refractivity contribution is 5.56. The van der Waals surface area contributed by atoms with Gasteiger partial charge >= 0.3 is 0 Å². The molecule has 116 valence electrons. The Labute approximate surface area is 131 Å². The molecule has 5 heteroatoms. The molecule has 0 aliphatic carbocycles. The lowest BCUT2D eigenvalue weighted by atomic mass is 9.96. The summed E-state index contributed by atoms with van der Waals surface area (Å²) >= 11 is 0. The Morgan fingerprint density at radius 1 is 1.23 bits per heavy atom. The Kier molecular flexibility index (Phi) is 3.58. The number of aromatic nitrogens is 3. The molecule has 1 N–H and O–H groups in total. The topological polar surface area (TPSA) is 46.0 Å². The Morgan fingerprint density at radius 2 is 2.09 bits per heavy atom. The highest BCUT2D eigenvalue weighted by Crippen LogP contribution is 2.35. The molecular weight excluding hydrogens is 274 g/mol. The van der Waals surface area contributed by atoms with Crippen molar-refractivity contribution >= 4 is 5.82 Å². The second-order valence-corrected chi connectivity index (χ2v) is 6.50. The molecular formula is C17H23N5. The summed E-state index contributed by atoms with van der Waals surface area (Å²) in [4.78, 5) is 7.19. The molecule has 2 aromatic rings. The van der Waals surface area contributed by atoms with Gasteiger partial charge in [-0.15, -0.1) is 0 Å². The third-order valence-electron chi connectivity index (χ3n) is 4.80. The smallest absolute Gasteiger partial charge is 0.129 e. The quantitative estimate of drug-likeness (QED) is 0.944. The van der Waals surface area contributed by atoms with Gasteiger partial charge in [0, 0.05) is 44.0 Å². The van der Waals surface area contributed by atoms with Gasteiger partial charge in [0.25, 0.3) is 0 Å². The van der Waals surface area contributed by atoms with E-state index in [2.05, 4.69) is 32.6 Å². The van der Waals surface area contributed by atoms with Crippen LogP contribution in [0.4, 0.5) is 5.82 Å². The number of hydrogen-bond donors (Lipinski definition) is 1. The number of aryl methyl sites for hydroxylation is 1. The monoisotopic (exact) mass is 297 g/mol. The van der Waals surface area contributed by atoms with Crippen LogP contribution in [-0.4, -0.2) is 39.3 Å². The van der Waals surface area contributed by atoms with Gasteiger partial charge in [-0.1, -0.05) is 6.42 Å². The van der Waals surface area contributed by atoms with Gasteiger partial charge in [-0.3, -0.25) is 9.58 Å². The van der Waals surface area contributed by atoms with Gasteiger partial charge < -0.3 is 5.32 Å². The van der Waals surface area contributed by atoms with Crippen molar-refractivity contribution in [1.29, 1.82) is 0 Å². The van der Waals surface area contributed by atoms with Gasteiger partial charge in [-0.25, -0.2) is 4.98 Å². The molecule has 22 heavy (non-hydrogen) atoms. The van der Waals surface area contributed by atoms with Crippen LogP contribution in [0.3, 0.4) is 0 Å². The Balaban J connectivity index is 1.57. The number of anilines is 1. The molecule has 1 fully saturated rings.